The van der Waals surface area contributed by atoms with Gasteiger partial charge < -0.3 is 16.2 Å². The molecule has 5 heteroatoms. The van der Waals surface area contributed by atoms with Crippen LogP contribution in [-0.4, -0.2) is 26.3 Å². The Kier molecular flexibility index (Phi) is 20.3. The Bertz CT molecular complexity index is 47.5. The van der Waals surface area contributed by atoms with Crippen molar-refractivity contribution >= 4 is 24.8 Å². The maximum absolute atomic E-state index is 5.33. The van der Waals surface area contributed by atoms with Gasteiger partial charge in [0.05, 0.1) is 6.61 Å². The minimum absolute atomic E-state index is 0. The van der Waals surface area contributed by atoms with E-state index >= 15 is 0 Å². The van der Waals surface area contributed by atoms with E-state index in [1.807, 2.05) is 0 Å². The SMILES string of the molecule is COCC(N)CN.Cl.Cl. The van der Waals surface area contributed by atoms with Crippen LogP contribution >= 0.6 is 24.8 Å². The summed E-state index contributed by atoms with van der Waals surface area (Å²) in [6, 6.07) is 0.00463. The van der Waals surface area contributed by atoms with Crippen LogP contribution in [0.2, 0.25) is 0 Å². The van der Waals surface area contributed by atoms with Crippen molar-refractivity contribution in [3.63, 3.8) is 0 Å². The first kappa shape index (κ1) is 16.2. The average molecular weight is 177 g/mol. The molecular formula is C4H14Cl2N2O. The normalized spacial score (nSPS) is 11.0. The van der Waals surface area contributed by atoms with Crippen LogP contribution in [0.5, 0.6) is 0 Å². The molecule has 1 atom stereocenters. The molecule has 1 unspecified atom stereocenters. The highest BCUT2D eigenvalue weighted by atomic mass is 35.5. The molecule has 0 radical (unpaired) electrons. The van der Waals surface area contributed by atoms with E-state index in [1.165, 1.54) is 0 Å². The zero-order chi connectivity index (χ0) is 5.70. The van der Waals surface area contributed by atoms with E-state index in [9.17, 15) is 0 Å². The zero-order valence-corrected chi connectivity index (χ0v) is 7.00. The predicted octanol–water partition coefficient (Wildman–Crippen LogP) is -0.238. The van der Waals surface area contributed by atoms with Crippen LogP contribution in [0, 0.1) is 0 Å². The molecule has 0 aliphatic carbocycles. The molecule has 9 heavy (non-hydrogen) atoms. The predicted molar refractivity (Wildman–Crippen MR) is 43.4 cm³/mol. The van der Waals surface area contributed by atoms with Gasteiger partial charge >= 0.3 is 0 Å². The molecule has 0 aliphatic heterocycles. The maximum Gasteiger partial charge on any atom is 0.0626 e. The lowest BCUT2D eigenvalue weighted by atomic mass is 10.3. The van der Waals surface area contributed by atoms with Crippen molar-refractivity contribution in [3.8, 4) is 0 Å². The second kappa shape index (κ2) is 11.3. The molecule has 4 N–H and O–H groups in total. The Morgan fingerprint density at radius 2 is 1.89 bits per heavy atom. The van der Waals surface area contributed by atoms with Crippen LogP contribution in [0.3, 0.4) is 0 Å². The van der Waals surface area contributed by atoms with Crippen molar-refractivity contribution in [3.05, 3.63) is 0 Å². The number of halogens is 2. The van der Waals surface area contributed by atoms with Crippen molar-refractivity contribution in [1.29, 1.82) is 0 Å². The van der Waals surface area contributed by atoms with E-state index in [4.69, 9.17) is 11.5 Å². The molecule has 0 heterocycles. The first-order valence-electron chi connectivity index (χ1n) is 2.26. The van der Waals surface area contributed by atoms with Crippen molar-refractivity contribution < 1.29 is 4.74 Å². The second-order valence-corrected chi connectivity index (χ2v) is 1.45. The fraction of sp³-hybridized carbons (Fsp3) is 1.00. The summed E-state index contributed by atoms with van der Waals surface area (Å²) in [4.78, 5) is 0. The van der Waals surface area contributed by atoms with E-state index in [0.717, 1.165) is 0 Å². The molecule has 0 aromatic heterocycles. The summed E-state index contributed by atoms with van der Waals surface area (Å²) < 4.78 is 4.69. The van der Waals surface area contributed by atoms with Crippen LogP contribution < -0.4 is 11.5 Å². The van der Waals surface area contributed by atoms with Crippen LogP contribution in [0.4, 0.5) is 0 Å². The van der Waals surface area contributed by atoms with Gasteiger partial charge in [-0.25, -0.2) is 0 Å². The molecule has 0 saturated heterocycles. The molecule has 0 amide bonds. The number of ether oxygens (including phenoxy) is 1. The van der Waals surface area contributed by atoms with Gasteiger partial charge in [-0.15, -0.1) is 24.8 Å². The summed E-state index contributed by atoms with van der Waals surface area (Å²) in [5.74, 6) is 0. The van der Waals surface area contributed by atoms with E-state index in [2.05, 4.69) is 4.74 Å². The summed E-state index contributed by atoms with van der Waals surface area (Å²) in [7, 11) is 1.61. The van der Waals surface area contributed by atoms with E-state index < -0.39 is 0 Å². The summed E-state index contributed by atoms with van der Waals surface area (Å²) in [6.45, 7) is 1.05. The monoisotopic (exact) mass is 176 g/mol. The number of hydrogen-bond donors (Lipinski definition) is 2. The summed E-state index contributed by atoms with van der Waals surface area (Å²) in [5.41, 5.74) is 10.5. The summed E-state index contributed by atoms with van der Waals surface area (Å²) >= 11 is 0. The third kappa shape index (κ3) is 11.8. The molecule has 3 nitrogen and oxygen atoms in total. The summed E-state index contributed by atoms with van der Waals surface area (Å²) in [5, 5.41) is 0. The molecule has 0 aromatic rings. The summed E-state index contributed by atoms with van der Waals surface area (Å²) in [6.07, 6.45) is 0. The molecule has 0 rings (SSSR count). The second-order valence-electron chi connectivity index (χ2n) is 1.45. The Balaban J connectivity index is -0.000000180. The van der Waals surface area contributed by atoms with Gasteiger partial charge in [0.2, 0.25) is 0 Å². The molecule has 0 aromatic carbocycles. The largest absolute Gasteiger partial charge is 0.383 e. The van der Waals surface area contributed by atoms with Crippen molar-refractivity contribution in [2.24, 2.45) is 11.5 Å². The molecule has 60 valence electrons. The standard InChI is InChI=1S/C4H12N2O.2ClH/c1-7-3-4(6)2-5;;/h4H,2-3,5-6H2,1H3;2*1H. The van der Waals surface area contributed by atoms with E-state index in [0.29, 0.717) is 13.2 Å². The number of methoxy groups -OCH3 is 1. The third-order valence-corrected chi connectivity index (χ3v) is 0.683. The van der Waals surface area contributed by atoms with Crippen molar-refractivity contribution in [1.82, 2.24) is 0 Å². The van der Waals surface area contributed by atoms with Crippen molar-refractivity contribution in [2.45, 2.75) is 6.04 Å². The first-order valence-corrected chi connectivity index (χ1v) is 2.26. The van der Waals surface area contributed by atoms with Gasteiger partial charge in [0, 0.05) is 19.7 Å². The first-order chi connectivity index (χ1) is 3.31. The van der Waals surface area contributed by atoms with Crippen molar-refractivity contribution in [2.75, 3.05) is 20.3 Å². The molecular weight excluding hydrogens is 163 g/mol. The smallest absolute Gasteiger partial charge is 0.0626 e. The van der Waals surface area contributed by atoms with Gasteiger partial charge in [0.15, 0.2) is 0 Å². The highest BCUT2D eigenvalue weighted by Gasteiger charge is 1.93. The molecule has 0 spiro atoms. The molecule has 0 saturated carbocycles. The van der Waals surface area contributed by atoms with Crippen LogP contribution in [0.15, 0.2) is 0 Å². The number of hydrogen-bond acceptors (Lipinski definition) is 3. The van der Waals surface area contributed by atoms with E-state index in [-0.39, 0.29) is 30.9 Å². The minimum atomic E-state index is 0. The lowest BCUT2D eigenvalue weighted by Gasteiger charge is -2.03. The van der Waals surface area contributed by atoms with Gasteiger partial charge in [-0.1, -0.05) is 0 Å². The fourth-order valence-corrected chi connectivity index (χ4v) is 0.282. The maximum atomic E-state index is 5.33. The topological polar surface area (TPSA) is 61.3 Å². The molecule has 0 aliphatic rings. The molecule has 0 fully saturated rings. The fourth-order valence-electron chi connectivity index (χ4n) is 0.282. The number of nitrogens with two attached hydrogens (primary N) is 2. The Morgan fingerprint density at radius 1 is 1.44 bits per heavy atom. The minimum Gasteiger partial charge on any atom is -0.383 e. The molecule has 0 bridgehead atoms. The quantitative estimate of drug-likeness (QED) is 0.625. The lowest BCUT2D eigenvalue weighted by Crippen LogP contribution is -2.33. The van der Waals surface area contributed by atoms with Gasteiger partial charge in [-0.05, 0) is 0 Å². The van der Waals surface area contributed by atoms with Gasteiger partial charge in [-0.2, -0.15) is 0 Å². The van der Waals surface area contributed by atoms with Gasteiger partial charge in [-0.3, -0.25) is 0 Å². The zero-order valence-electron chi connectivity index (χ0n) is 5.37. The van der Waals surface area contributed by atoms with Crippen LogP contribution in [0.25, 0.3) is 0 Å². The van der Waals surface area contributed by atoms with Crippen LogP contribution in [0.1, 0.15) is 0 Å². The average Bonchev–Trinajstić information content (AvgIpc) is 1.68. The number of rotatable bonds is 3. The van der Waals surface area contributed by atoms with Crippen LogP contribution in [-0.2, 0) is 4.74 Å². The third-order valence-electron chi connectivity index (χ3n) is 0.683. The van der Waals surface area contributed by atoms with E-state index in [1.54, 1.807) is 7.11 Å². The van der Waals surface area contributed by atoms with Gasteiger partial charge in [0.1, 0.15) is 0 Å². The lowest BCUT2D eigenvalue weighted by molar-refractivity contribution is 0.182. The van der Waals surface area contributed by atoms with Gasteiger partial charge in [0.25, 0.3) is 0 Å². The Morgan fingerprint density at radius 3 is 2.00 bits per heavy atom. The Labute approximate surface area is 67.9 Å². The Hall–Kier alpha value is 0.460. The highest BCUT2D eigenvalue weighted by Crippen LogP contribution is 1.71. The highest BCUT2D eigenvalue weighted by molar-refractivity contribution is 5.85.